The molecular formula is C16H19N3O. The molecule has 1 aromatic heterocycles. The molecule has 1 aliphatic rings. The molecule has 3 rings (SSSR count). The summed E-state index contributed by atoms with van der Waals surface area (Å²) in [5, 5.41) is 6.70. The minimum Gasteiger partial charge on any atom is -0.478 e. The standard InChI is InChI=1S/C16H19N3O/c1-2-20-16-5-3-4-15(19-16)18-9-12-6-7-13-10-17-11-14(13)8-12/h3-8,17H,2,9-11H2,1H3,(H,18,19). The zero-order valence-corrected chi connectivity index (χ0v) is 11.6. The first-order chi connectivity index (χ1) is 9.85. The third kappa shape index (κ3) is 2.91. The molecule has 0 saturated heterocycles. The molecule has 1 aliphatic heterocycles. The third-order valence-corrected chi connectivity index (χ3v) is 3.39. The quantitative estimate of drug-likeness (QED) is 0.876. The number of nitrogens with one attached hydrogen (secondary N) is 2. The summed E-state index contributed by atoms with van der Waals surface area (Å²) < 4.78 is 5.40. The van der Waals surface area contributed by atoms with Crippen LogP contribution in [0.1, 0.15) is 23.6 Å². The first kappa shape index (κ1) is 12.9. The van der Waals surface area contributed by atoms with Gasteiger partial charge < -0.3 is 15.4 Å². The molecule has 2 aromatic rings. The second kappa shape index (κ2) is 5.92. The maximum Gasteiger partial charge on any atom is 0.215 e. The average Bonchev–Trinajstić information content (AvgIpc) is 2.93. The molecule has 0 spiro atoms. The maximum absolute atomic E-state index is 5.40. The lowest BCUT2D eigenvalue weighted by atomic mass is 10.1. The van der Waals surface area contributed by atoms with Crippen LogP contribution in [0.5, 0.6) is 5.88 Å². The van der Waals surface area contributed by atoms with E-state index in [0.717, 1.165) is 25.5 Å². The smallest absolute Gasteiger partial charge is 0.215 e. The number of nitrogens with zero attached hydrogens (tertiary/aromatic N) is 1. The number of ether oxygens (including phenoxy) is 1. The van der Waals surface area contributed by atoms with E-state index in [1.54, 1.807) is 0 Å². The minimum absolute atomic E-state index is 0.633. The van der Waals surface area contributed by atoms with Gasteiger partial charge in [0.1, 0.15) is 5.82 Å². The Morgan fingerprint density at radius 1 is 1.20 bits per heavy atom. The van der Waals surface area contributed by atoms with Crippen molar-refractivity contribution in [2.24, 2.45) is 0 Å². The van der Waals surface area contributed by atoms with Gasteiger partial charge in [-0.2, -0.15) is 4.98 Å². The van der Waals surface area contributed by atoms with Crippen molar-refractivity contribution in [3.05, 3.63) is 53.1 Å². The second-order valence-electron chi connectivity index (χ2n) is 4.85. The molecule has 2 N–H and O–H groups in total. The molecule has 0 bridgehead atoms. The van der Waals surface area contributed by atoms with Gasteiger partial charge in [0.25, 0.3) is 0 Å². The highest BCUT2D eigenvalue weighted by Gasteiger charge is 2.09. The van der Waals surface area contributed by atoms with Crippen molar-refractivity contribution in [1.82, 2.24) is 10.3 Å². The van der Waals surface area contributed by atoms with Gasteiger partial charge in [-0.05, 0) is 29.7 Å². The largest absolute Gasteiger partial charge is 0.478 e. The van der Waals surface area contributed by atoms with Crippen molar-refractivity contribution in [3.63, 3.8) is 0 Å². The van der Waals surface area contributed by atoms with Gasteiger partial charge >= 0.3 is 0 Å². The van der Waals surface area contributed by atoms with Crippen molar-refractivity contribution >= 4 is 5.82 Å². The van der Waals surface area contributed by atoms with E-state index in [1.165, 1.54) is 16.7 Å². The SMILES string of the molecule is CCOc1cccc(NCc2ccc3c(c2)CNC3)n1. The number of anilines is 1. The Kier molecular flexibility index (Phi) is 3.83. The summed E-state index contributed by atoms with van der Waals surface area (Å²) in [6, 6.07) is 12.4. The molecule has 0 aliphatic carbocycles. The highest BCUT2D eigenvalue weighted by Crippen LogP contribution is 2.18. The summed E-state index contributed by atoms with van der Waals surface area (Å²) in [7, 11) is 0. The Bertz CT molecular complexity index is 598. The molecule has 0 radical (unpaired) electrons. The Morgan fingerprint density at radius 2 is 2.10 bits per heavy atom. The van der Waals surface area contributed by atoms with Gasteiger partial charge in [-0.1, -0.05) is 24.3 Å². The lowest BCUT2D eigenvalue weighted by Gasteiger charge is -2.09. The lowest BCUT2D eigenvalue weighted by molar-refractivity contribution is 0.327. The maximum atomic E-state index is 5.40. The Balaban J connectivity index is 1.65. The molecular weight excluding hydrogens is 250 g/mol. The van der Waals surface area contributed by atoms with E-state index in [1.807, 2.05) is 25.1 Å². The topological polar surface area (TPSA) is 46.2 Å². The predicted octanol–water partition coefficient (Wildman–Crippen LogP) is 2.70. The number of fused-ring (bicyclic) bond motifs is 1. The predicted molar refractivity (Wildman–Crippen MR) is 79.7 cm³/mol. The van der Waals surface area contributed by atoms with Crippen LogP contribution in [0, 0.1) is 0 Å². The molecule has 4 heteroatoms. The highest BCUT2D eigenvalue weighted by molar-refractivity contribution is 5.40. The van der Waals surface area contributed by atoms with Crippen LogP contribution in [0.25, 0.3) is 0 Å². The van der Waals surface area contributed by atoms with Crippen molar-refractivity contribution in [1.29, 1.82) is 0 Å². The van der Waals surface area contributed by atoms with E-state index in [4.69, 9.17) is 4.74 Å². The van der Waals surface area contributed by atoms with Gasteiger partial charge in [0.2, 0.25) is 5.88 Å². The normalized spacial score (nSPS) is 13.1. The fraction of sp³-hybridized carbons (Fsp3) is 0.312. The van der Waals surface area contributed by atoms with Crippen LogP contribution in [0.3, 0.4) is 0 Å². The van der Waals surface area contributed by atoms with E-state index >= 15 is 0 Å². The molecule has 1 aromatic carbocycles. The second-order valence-corrected chi connectivity index (χ2v) is 4.85. The van der Waals surface area contributed by atoms with Crippen molar-refractivity contribution < 1.29 is 4.74 Å². The molecule has 0 fully saturated rings. The van der Waals surface area contributed by atoms with Crippen LogP contribution in [0.2, 0.25) is 0 Å². The monoisotopic (exact) mass is 269 g/mol. The van der Waals surface area contributed by atoms with Gasteiger partial charge in [0.15, 0.2) is 0 Å². The molecule has 0 unspecified atom stereocenters. The number of hydrogen-bond acceptors (Lipinski definition) is 4. The van der Waals surface area contributed by atoms with E-state index in [2.05, 4.69) is 33.8 Å². The lowest BCUT2D eigenvalue weighted by Crippen LogP contribution is -2.03. The number of pyridine rings is 1. The molecule has 104 valence electrons. The molecule has 0 amide bonds. The minimum atomic E-state index is 0.633. The summed E-state index contributed by atoms with van der Waals surface area (Å²) in [5.74, 6) is 1.50. The fourth-order valence-corrected chi connectivity index (χ4v) is 2.39. The molecule has 0 atom stereocenters. The molecule has 0 saturated carbocycles. The van der Waals surface area contributed by atoms with Crippen molar-refractivity contribution in [2.45, 2.75) is 26.6 Å². The summed E-state index contributed by atoms with van der Waals surface area (Å²) in [4.78, 5) is 4.40. The summed E-state index contributed by atoms with van der Waals surface area (Å²) in [6.45, 7) is 5.33. The first-order valence-corrected chi connectivity index (χ1v) is 7.00. The van der Waals surface area contributed by atoms with Crippen LogP contribution < -0.4 is 15.4 Å². The summed E-state index contributed by atoms with van der Waals surface area (Å²) in [6.07, 6.45) is 0. The highest BCUT2D eigenvalue weighted by atomic mass is 16.5. The molecule has 4 nitrogen and oxygen atoms in total. The van der Waals surface area contributed by atoms with Crippen LogP contribution in [-0.2, 0) is 19.6 Å². The van der Waals surface area contributed by atoms with Gasteiger partial charge in [-0.25, -0.2) is 0 Å². The van der Waals surface area contributed by atoms with Gasteiger partial charge in [-0.15, -0.1) is 0 Å². The number of benzene rings is 1. The van der Waals surface area contributed by atoms with Crippen molar-refractivity contribution in [3.8, 4) is 5.88 Å². The van der Waals surface area contributed by atoms with E-state index in [9.17, 15) is 0 Å². The third-order valence-electron chi connectivity index (χ3n) is 3.39. The Morgan fingerprint density at radius 3 is 3.00 bits per heavy atom. The fourth-order valence-electron chi connectivity index (χ4n) is 2.39. The van der Waals surface area contributed by atoms with Gasteiger partial charge in [0, 0.05) is 25.7 Å². The van der Waals surface area contributed by atoms with Crippen LogP contribution in [0.15, 0.2) is 36.4 Å². The Hall–Kier alpha value is -2.07. The summed E-state index contributed by atoms with van der Waals surface area (Å²) >= 11 is 0. The van der Waals surface area contributed by atoms with Gasteiger partial charge in [0.05, 0.1) is 6.61 Å². The first-order valence-electron chi connectivity index (χ1n) is 7.00. The Labute approximate surface area is 119 Å². The average molecular weight is 269 g/mol. The van der Waals surface area contributed by atoms with E-state index < -0.39 is 0 Å². The van der Waals surface area contributed by atoms with Crippen LogP contribution in [0.4, 0.5) is 5.82 Å². The molecule has 20 heavy (non-hydrogen) atoms. The number of rotatable bonds is 5. The van der Waals surface area contributed by atoms with Crippen LogP contribution >= 0.6 is 0 Å². The van der Waals surface area contributed by atoms with Gasteiger partial charge in [-0.3, -0.25) is 0 Å². The molecule has 2 heterocycles. The zero-order valence-electron chi connectivity index (χ0n) is 11.6. The van der Waals surface area contributed by atoms with E-state index in [-0.39, 0.29) is 0 Å². The van der Waals surface area contributed by atoms with E-state index in [0.29, 0.717) is 12.5 Å². The van der Waals surface area contributed by atoms with Crippen LogP contribution in [-0.4, -0.2) is 11.6 Å². The number of hydrogen-bond donors (Lipinski definition) is 2. The number of aromatic nitrogens is 1. The van der Waals surface area contributed by atoms with Crippen molar-refractivity contribution in [2.75, 3.05) is 11.9 Å². The zero-order chi connectivity index (χ0) is 13.8. The summed E-state index contributed by atoms with van der Waals surface area (Å²) in [5.41, 5.74) is 4.08.